The van der Waals surface area contributed by atoms with Gasteiger partial charge in [-0.3, -0.25) is 0 Å². The zero-order chi connectivity index (χ0) is 9.68. The highest BCUT2D eigenvalue weighted by Gasteiger charge is 2.25. The highest BCUT2D eigenvalue weighted by Crippen LogP contribution is 2.13. The molecule has 1 saturated heterocycles. The summed E-state index contributed by atoms with van der Waals surface area (Å²) in [6.07, 6.45) is 6.48. The fourth-order valence-corrected chi connectivity index (χ4v) is 1.14. The number of hydrogen-bond acceptors (Lipinski definition) is 3. The summed E-state index contributed by atoms with van der Waals surface area (Å²) in [5.74, 6) is 0. The van der Waals surface area contributed by atoms with Gasteiger partial charge in [-0.05, 0) is 13.8 Å². The summed E-state index contributed by atoms with van der Waals surface area (Å²) in [5.41, 5.74) is 0. The van der Waals surface area contributed by atoms with Crippen LogP contribution in [-0.4, -0.2) is 30.2 Å². The van der Waals surface area contributed by atoms with Gasteiger partial charge < -0.3 is 14.6 Å². The summed E-state index contributed by atoms with van der Waals surface area (Å²) in [4.78, 5) is 0. The number of rotatable bonds is 2. The molecule has 0 radical (unpaired) electrons. The highest BCUT2D eigenvalue weighted by atomic mass is 16.7. The van der Waals surface area contributed by atoms with Crippen LogP contribution in [0.15, 0.2) is 24.3 Å². The van der Waals surface area contributed by atoms with Crippen LogP contribution in [0.4, 0.5) is 0 Å². The van der Waals surface area contributed by atoms with E-state index in [9.17, 15) is 5.11 Å². The van der Waals surface area contributed by atoms with Crippen LogP contribution in [0.2, 0.25) is 0 Å². The van der Waals surface area contributed by atoms with Crippen molar-refractivity contribution < 1.29 is 14.6 Å². The minimum Gasteiger partial charge on any atom is -0.388 e. The van der Waals surface area contributed by atoms with Crippen LogP contribution in [0.25, 0.3) is 0 Å². The lowest BCUT2D eigenvalue weighted by Gasteiger charge is -2.30. The van der Waals surface area contributed by atoms with Crippen LogP contribution >= 0.6 is 0 Å². The van der Waals surface area contributed by atoms with Crippen LogP contribution in [0.5, 0.6) is 0 Å². The third-order valence-corrected chi connectivity index (χ3v) is 1.83. The number of ether oxygens (including phenoxy) is 2. The summed E-state index contributed by atoms with van der Waals surface area (Å²) < 4.78 is 10.5. The predicted molar refractivity (Wildman–Crippen MR) is 50.2 cm³/mol. The Morgan fingerprint density at radius 2 is 2.15 bits per heavy atom. The Balaban J connectivity index is 2.46. The van der Waals surface area contributed by atoms with Gasteiger partial charge in [0, 0.05) is 0 Å². The van der Waals surface area contributed by atoms with Crippen LogP contribution in [0, 0.1) is 0 Å². The van der Waals surface area contributed by atoms with E-state index in [1.54, 1.807) is 0 Å². The van der Waals surface area contributed by atoms with Crippen molar-refractivity contribution in [2.24, 2.45) is 0 Å². The van der Waals surface area contributed by atoms with Crippen molar-refractivity contribution in [1.82, 2.24) is 0 Å². The molecule has 0 bridgehead atoms. The quantitative estimate of drug-likeness (QED) is 0.656. The van der Waals surface area contributed by atoms with Crippen molar-refractivity contribution in [1.29, 1.82) is 0 Å². The molecule has 13 heavy (non-hydrogen) atoms. The van der Waals surface area contributed by atoms with E-state index in [0.717, 1.165) is 0 Å². The fraction of sp³-hybridized carbons (Fsp3) is 0.600. The van der Waals surface area contributed by atoms with Crippen LogP contribution in [0.3, 0.4) is 0 Å². The Morgan fingerprint density at radius 1 is 1.38 bits per heavy atom. The standard InChI is InChI=1S/C10H16O3/c1-3-4-5-6-10-9(11)7-12-8(2)13-10/h3-6,8-11H,7H2,1-2H3/b4-3-,6-5+/t8-,9-,10+/m1/s1. The van der Waals surface area contributed by atoms with Gasteiger partial charge in [-0.25, -0.2) is 0 Å². The second kappa shape index (κ2) is 5.17. The van der Waals surface area contributed by atoms with E-state index in [-0.39, 0.29) is 12.4 Å². The van der Waals surface area contributed by atoms with E-state index in [2.05, 4.69) is 0 Å². The number of allylic oxidation sites excluding steroid dienone is 3. The van der Waals surface area contributed by atoms with Crippen molar-refractivity contribution in [2.45, 2.75) is 32.3 Å². The molecule has 3 atom stereocenters. The minimum atomic E-state index is -0.558. The number of aliphatic hydroxyl groups excluding tert-OH is 1. The van der Waals surface area contributed by atoms with Gasteiger partial charge in [0.15, 0.2) is 6.29 Å². The molecule has 0 aromatic carbocycles. The molecule has 0 saturated carbocycles. The molecule has 3 nitrogen and oxygen atoms in total. The molecule has 1 fully saturated rings. The Morgan fingerprint density at radius 3 is 2.85 bits per heavy atom. The first kappa shape index (κ1) is 10.4. The maximum absolute atomic E-state index is 9.46. The van der Waals surface area contributed by atoms with Gasteiger partial charge in [0.05, 0.1) is 6.61 Å². The molecule has 3 heteroatoms. The average Bonchev–Trinajstić information content (AvgIpc) is 2.11. The summed E-state index contributed by atoms with van der Waals surface area (Å²) in [6.45, 7) is 4.10. The van der Waals surface area contributed by atoms with Crippen molar-refractivity contribution in [3.8, 4) is 0 Å². The van der Waals surface area contributed by atoms with Gasteiger partial charge in [0.25, 0.3) is 0 Å². The lowest BCUT2D eigenvalue weighted by Crippen LogP contribution is -2.41. The van der Waals surface area contributed by atoms with E-state index < -0.39 is 6.10 Å². The first-order valence-electron chi connectivity index (χ1n) is 4.48. The molecule has 74 valence electrons. The van der Waals surface area contributed by atoms with E-state index in [1.165, 1.54) is 0 Å². The Bertz CT molecular complexity index is 198. The Hall–Kier alpha value is -0.640. The Labute approximate surface area is 78.7 Å². The molecule has 0 amide bonds. The second-order valence-corrected chi connectivity index (χ2v) is 2.98. The van der Waals surface area contributed by atoms with Gasteiger partial charge >= 0.3 is 0 Å². The zero-order valence-corrected chi connectivity index (χ0v) is 8.01. The molecule has 0 unspecified atom stereocenters. The SMILES string of the molecule is C/C=C\C=C\[C@@H]1O[C@H](C)OC[C@H]1O. The van der Waals surface area contributed by atoms with Gasteiger partial charge in [0.1, 0.15) is 12.2 Å². The summed E-state index contributed by atoms with van der Waals surface area (Å²) in [6, 6.07) is 0. The largest absolute Gasteiger partial charge is 0.388 e. The normalized spacial score (nSPS) is 36.1. The van der Waals surface area contributed by atoms with Gasteiger partial charge in [-0.2, -0.15) is 0 Å². The maximum atomic E-state index is 9.46. The summed E-state index contributed by atoms with van der Waals surface area (Å²) in [7, 11) is 0. The minimum absolute atomic E-state index is 0.233. The van der Waals surface area contributed by atoms with Gasteiger partial charge in [0.2, 0.25) is 0 Å². The average molecular weight is 184 g/mol. The smallest absolute Gasteiger partial charge is 0.155 e. The molecule has 1 aliphatic rings. The molecule has 0 spiro atoms. The van der Waals surface area contributed by atoms with E-state index >= 15 is 0 Å². The first-order valence-corrected chi connectivity index (χ1v) is 4.48. The molecule has 0 aromatic heterocycles. The zero-order valence-electron chi connectivity index (χ0n) is 8.01. The lowest BCUT2D eigenvalue weighted by molar-refractivity contribution is -0.230. The maximum Gasteiger partial charge on any atom is 0.155 e. The van der Waals surface area contributed by atoms with Gasteiger partial charge in [-0.1, -0.05) is 24.3 Å². The van der Waals surface area contributed by atoms with Crippen molar-refractivity contribution in [3.05, 3.63) is 24.3 Å². The fourth-order valence-electron chi connectivity index (χ4n) is 1.14. The van der Waals surface area contributed by atoms with Crippen LogP contribution in [0.1, 0.15) is 13.8 Å². The highest BCUT2D eigenvalue weighted by molar-refractivity contribution is 5.05. The van der Waals surface area contributed by atoms with Crippen LogP contribution < -0.4 is 0 Å². The third kappa shape index (κ3) is 3.30. The van der Waals surface area contributed by atoms with E-state index in [4.69, 9.17) is 9.47 Å². The van der Waals surface area contributed by atoms with Crippen LogP contribution in [-0.2, 0) is 9.47 Å². The van der Waals surface area contributed by atoms with E-state index in [1.807, 2.05) is 38.2 Å². The molecule has 1 rings (SSSR count). The first-order chi connectivity index (χ1) is 6.24. The topological polar surface area (TPSA) is 38.7 Å². The number of hydrogen-bond donors (Lipinski definition) is 1. The van der Waals surface area contributed by atoms with Crippen molar-refractivity contribution >= 4 is 0 Å². The predicted octanol–water partition coefficient (Wildman–Crippen LogP) is 1.24. The molecule has 1 N–H and O–H groups in total. The third-order valence-electron chi connectivity index (χ3n) is 1.83. The second-order valence-electron chi connectivity index (χ2n) is 2.98. The van der Waals surface area contributed by atoms with E-state index in [0.29, 0.717) is 6.61 Å². The molecule has 0 aliphatic carbocycles. The Kier molecular flexibility index (Phi) is 4.15. The molecule has 1 aliphatic heterocycles. The monoisotopic (exact) mass is 184 g/mol. The van der Waals surface area contributed by atoms with Gasteiger partial charge in [-0.15, -0.1) is 0 Å². The van der Waals surface area contributed by atoms with Crippen molar-refractivity contribution in [2.75, 3.05) is 6.61 Å². The lowest BCUT2D eigenvalue weighted by atomic mass is 10.2. The van der Waals surface area contributed by atoms with Crippen molar-refractivity contribution in [3.63, 3.8) is 0 Å². The molecule has 0 aromatic rings. The summed E-state index contributed by atoms with van der Waals surface area (Å²) in [5, 5.41) is 9.46. The molecule has 1 heterocycles. The molecular weight excluding hydrogens is 168 g/mol. The molecular formula is C10H16O3. The summed E-state index contributed by atoms with van der Waals surface area (Å²) >= 11 is 0. The number of aliphatic hydroxyl groups is 1.